The lowest BCUT2D eigenvalue weighted by Crippen LogP contribution is -2.35. The van der Waals surface area contributed by atoms with E-state index in [9.17, 15) is 4.79 Å². The molecule has 1 amide bonds. The van der Waals surface area contributed by atoms with Crippen molar-refractivity contribution in [2.45, 2.75) is 25.8 Å². The Balaban J connectivity index is 1.66. The summed E-state index contributed by atoms with van der Waals surface area (Å²) < 4.78 is 3.64. The summed E-state index contributed by atoms with van der Waals surface area (Å²) in [4.78, 5) is 19.5. The number of anilines is 1. The first-order chi connectivity index (χ1) is 12.2. The number of hydrogen-bond donors (Lipinski definition) is 1. The molecule has 0 aliphatic heterocycles. The van der Waals surface area contributed by atoms with Gasteiger partial charge in [-0.05, 0) is 31.5 Å². The first kappa shape index (κ1) is 15.8. The standard InChI is InChI=1S/C18H22N6O/c1-3-23(14-7-8-14)12-16(25)21-18-17(13-10-19-22(2)11-13)20-15-6-4-5-9-24(15)18/h4-6,9-11,14H,3,7-8,12H2,1-2H3,(H,21,25). The van der Waals surface area contributed by atoms with Crippen LogP contribution in [0.1, 0.15) is 19.8 Å². The van der Waals surface area contributed by atoms with Crippen LogP contribution in [0.3, 0.4) is 0 Å². The van der Waals surface area contributed by atoms with Crippen molar-refractivity contribution in [3.8, 4) is 11.3 Å². The van der Waals surface area contributed by atoms with Crippen LogP contribution < -0.4 is 5.32 Å². The highest BCUT2D eigenvalue weighted by atomic mass is 16.2. The van der Waals surface area contributed by atoms with Crippen molar-refractivity contribution in [2.24, 2.45) is 7.05 Å². The maximum atomic E-state index is 12.6. The summed E-state index contributed by atoms with van der Waals surface area (Å²) in [5.41, 5.74) is 2.42. The normalized spacial score (nSPS) is 14.4. The van der Waals surface area contributed by atoms with Crippen LogP contribution in [0.15, 0.2) is 36.8 Å². The SMILES string of the molecule is CCN(CC(=O)Nc1c(-c2cnn(C)c2)nc2ccccn12)C1CC1. The van der Waals surface area contributed by atoms with Crippen LogP contribution in [-0.2, 0) is 11.8 Å². The van der Waals surface area contributed by atoms with E-state index in [1.54, 1.807) is 10.9 Å². The predicted molar refractivity (Wildman–Crippen MR) is 96.3 cm³/mol. The molecule has 0 bridgehead atoms. The quantitative estimate of drug-likeness (QED) is 0.748. The number of fused-ring (bicyclic) bond motifs is 1. The molecule has 0 radical (unpaired) electrons. The molecule has 0 spiro atoms. The van der Waals surface area contributed by atoms with Gasteiger partial charge in [0.1, 0.15) is 17.2 Å². The van der Waals surface area contributed by atoms with Gasteiger partial charge in [-0.15, -0.1) is 0 Å². The maximum Gasteiger partial charge on any atom is 0.239 e. The van der Waals surface area contributed by atoms with Crippen molar-refractivity contribution < 1.29 is 4.79 Å². The number of amides is 1. The zero-order valence-electron chi connectivity index (χ0n) is 14.5. The Bertz CT molecular complexity index is 907. The van der Waals surface area contributed by atoms with E-state index in [1.165, 1.54) is 12.8 Å². The van der Waals surface area contributed by atoms with Crippen molar-refractivity contribution in [3.05, 3.63) is 36.8 Å². The topological polar surface area (TPSA) is 67.5 Å². The fraction of sp³-hybridized carbons (Fsp3) is 0.389. The second-order valence-corrected chi connectivity index (χ2v) is 6.48. The maximum absolute atomic E-state index is 12.6. The summed E-state index contributed by atoms with van der Waals surface area (Å²) in [7, 11) is 1.87. The van der Waals surface area contributed by atoms with E-state index in [4.69, 9.17) is 0 Å². The summed E-state index contributed by atoms with van der Waals surface area (Å²) in [6, 6.07) is 6.36. The monoisotopic (exact) mass is 338 g/mol. The van der Waals surface area contributed by atoms with Crippen LogP contribution in [0.2, 0.25) is 0 Å². The molecule has 3 aromatic rings. The Hall–Kier alpha value is -2.67. The van der Waals surface area contributed by atoms with Crippen LogP contribution in [0.4, 0.5) is 5.82 Å². The van der Waals surface area contributed by atoms with E-state index >= 15 is 0 Å². The minimum absolute atomic E-state index is 0.00968. The first-order valence-electron chi connectivity index (χ1n) is 8.65. The molecule has 7 heteroatoms. The fourth-order valence-electron chi connectivity index (χ4n) is 3.15. The lowest BCUT2D eigenvalue weighted by Gasteiger charge is -2.19. The van der Waals surface area contributed by atoms with Gasteiger partial charge in [-0.3, -0.25) is 18.8 Å². The summed E-state index contributed by atoms with van der Waals surface area (Å²) in [5.74, 6) is 0.685. The summed E-state index contributed by atoms with van der Waals surface area (Å²) in [6.07, 6.45) is 7.96. The highest BCUT2D eigenvalue weighted by molar-refractivity contribution is 5.95. The van der Waals surface area contributed by atoms with Crippen LogP contribution in [0, 0.1) is 0 Å². The largest absolute Gasteiger partial charge is 0.309 e. The number of carbonyl (C=O) groups is 1. The molecule has 130 valence electrons. The molecule has 1 N–H and O–H groups in total. The third-order valence-electron chi connectivity index (χ3n) is 4.58. The highest BCUT2D eigenvalue weighted by Crippen LogP contribution is 2.29. The molecule has 1 aliphatic rings. The number of carbonyl (C=O) groups excluding carboxylic acids is 1. The van der Waals surface area contributed by atoms with Gasteiger partial charge in [-0.25, -0.2) is 4.98 Å². The number of imidazole rings is 1. The van der Waals surface area contributed by atoms with Crippen LogP contribution >= 0.6 is 0 Å². The number of pyridine rings is 1. The molecule has 1 saturated carbocycles. The number of nitrogens with one attached hydrogen (secondary N) is 1. The minimum Gasteiger partial charge on any atom is -0.309 e. The van der Waals surface area contributed by atoms with Crippen molar-refractivity contribution in [2.75, 3.05) is 18.4 Å². The summed E-state index contributed by atoms with van der Waals surface area (Å²) >= 11 is 0. The Morgan fingerprint density at radius 2 is 2.24 bits per heavy atom. The van der Waals surface area contributed by atoms with Crippen molar-refractivity contribution in [3.63, 3.8) is 0 Å². The van der Waals surface area contributed by atoms with Gasteiger partial charge in [0.15, 0.2) is 0 Å². The zero-order valence-corrected chi connectivity index (χ0v) is 14.5. The van der Waals surface area contributed by atoms with E-state index in [0.29, 0.717) is 18.4 Å². The molecule has 0 aromatic carbocycles. The number of nitrogens with zero attached hydrogens (tertiary/aromatic N) is 5. The number of likely N-dealkylation sites (N-methyl/N-ethyl adjacent to an activating group) is 1. The third-order valence-corrected chi connectivity index (χ3v) is 4.58. The molecule has 7 nitrogen and oxygen atoms in total. The van der Waals surface area contributed by atoms with Gasteiger partial charge in [0.05, 0.1) is 12.7 Å². The van der Waals surface area contributed by atoms with Crippen molar-refractivity contribution >= 4 is 17.4 Å². The second-order valence-electron chi connectivity index (χ2n) is 6.48. The average molecular weight is 338 g/mol. The Labute approximate surface area is 146 Å². The molecule has 25 heavy (non-hydrogen) atoms. The summed E-state index contributed by atoms with van der Waals surface area (Å²) in [6.45, 7) is 3.40. The van der Waals surface area contributed by atoms with Crippen molar-refractivity contribution in [1.29, 1.82) is 0 Å². The van der Waals surface area contributed by atoms with Crippen LogP contribution in [0.5, 0.6) is 0 Å². The Kier molecular flexibility index (Phi) is 4.01. The highest BCUT2D eigenvalue weighted by Gasteiger charge is 2.29. The number of aromatic nitrogens is 4. The van der Waals surface area contributed by atoms with Gasteiger partial charge >= 0.3 is 0 Å². The zero-order chi connectivity index (χ0) is 17.4. The van der Waals surface area contributed by atoms with E-state index in [-0.39, 0.29) is 5.91 Å². The molecule has 1 fully saturated rings. The molecule has 0 atom stereocenters. The van der Waals surface area contributed by atoms with E-state index in [1.807, 2.05) is 42.0 Å². The molecule has 3 aromatic heterocycles. The van der Waals surface area contributed by atoms with Crippen molar-refractivity contribution in [1.82, 2.24) is 24.1 Å². The van der Waals surface area contributed by atoms with E-state index in [0.717, 1.165) is 23.4 Å². The lowest BCUT2D eigenvalue weighted by atomic mass is 10.2. The predicted octanol–water partition coefficient (Wildman–Crippen LogP) is 2.16. The smallest absolute Gasteiger partial charge is 0.239 e. The van der Waals surface area contributed by atoms with Crippen LogP contribution in [-0.4, -0.2) is 49.1 Å². The van der Waals surface area contributed by atoms with Gasteiger partial charge in [0.25, 0.3) is 0 Å². The van der Waals surface area contributed by atoms with Gasteiger partial charge in [0.2, 0.25) is 5.91 Å². The molecule has 0 saturated heterocycles. The number of aryl methyl sites for hydroxylation is 1. The van der Waals surface area contributed by atoms with Crippen LogP contribution in [0.25, 0.3) is 16.9 Å². The average Bonchev–Trinajstić information content (AvgIpc) is 3.27. The van der Waals surface area contributed by atoms with Gasteiger partial charge in [0, 0.05) is 31.0 Å². The molecule has 3 heterocycles. The van der Waals surface area contributed by atoms with E-state index in [2.05, 4.69) is 27.2 Å². The Morgan fingerprint density at radius 3 is 2.92 bits per heavy atom. The number of rotatable bonds is 6. The second kappa shape index (κ2) is 6.33. The van der Waals surface area contributed by atoms with Gasteiger partial charge < -0.3 is 5.32 Å². The summed E-state index contributed by atoms with van der Waals surface area (Å²) in [5, 5.41) is 7.29. The van der Waals surface area contributed by atoms with E-state index < -0.39 is 0 Å². The number of hydrogen-bond acceptors (Lipinski definition) is 4. The first-order valence-corrected chi connectivity index (χ1v) is 8.65. The lowest BCUT2D eigenvalue weighted by molar-refractivity contribution is -0.117. The minimum atomic E-state index is -0.00968. The molecule has 0 unspecified atom stereocenters. The molecule has 1 aliphatic carbocycles. The molecule has 4 rings (SSSR count). The molecular formula is C18H22N6O. The van der Waals surface area contributed by atoms with Gasteiger partial charge in [-0.2, -0.15) is 5.10 Å². The molecular weight excluding hydrogens is 316 g/mol. The van der Waals surface area contributed by atoms with Gasteiger partial charge in [-0.1, -0.05) is 13.0 Å². The fourth-order valence-corrected chi connectivity index (χ4v) is 3.15. The third kappa shape index (κ3) is 3.15. The Morgan fingerprint density at radius 1 is 1.40 bits per heavy atom.